The summed E-state index contributed by atoms with van der Waals surface area (Å²) in [5.74, 6) is 10.8. The zero-order chi connectivity index (χ0) is 37.2. The van der Waals surface area contributed by atoms with E-state index in [1.165, 1.54) is 65.2 Å². The summed E-state index contributed by atoms with van der Waals surface area (Å²) in [4.78, 5) is 9.51. The van der Waals surface area contributed by atoms with Crippen LogP contribution in [0.25, 0.3) is 55.6 Å². The van der Waals surface area contributed by atoms with Crippen molar-refractivity contribution in [3.63, 3.8) is 0 Å². The van der Waals surface area contributed by atoms with Gasteiger partial charge in [0.1, 0.15) is 5.58 Å². The molecule has 3 aliphatic carbocycles. The molecule has 3 aromatic heterocycles. The van der Waals surface area contributed by atoms with Crippen molar-refractivity contribution >= 4 is 39.6 Å². The van der Waals surface area contributed by atoms with Crippen molar-refractivity contribution in [1.82, 2.24) is 9.97 Å². The second-order valence-corrected chi connectivity index (χ2v) is 27.7. The fourth-order valence-corrected chi connectivity index (χ4v) is 12.4. The number of benzene rings is 4. The van der Waals surface area contributed by atoms with Crippen molar-refractivity contribution in [3.8, 4) is 33.6 Å². The van der Waals surface area contributed by atoms with Crippen LogP contribution in [0.3, 0.4) is 0 Å². The van der Waals surface area contributed by atoms with E-state index in [1.54, 1.807) is 0 Å². The summed E-state index contributed by atoms with van der Waals surface area (Å²) in [5, 5.41) is 2.29. The molecule has 1 atom stereocenters. The Morgan fingerprint density at radius 2 is 1.53 bits per heavy atom. The first-order valence-electron chi connectivity index (χ1n) is 20.0. The molecule has 7 aromatic rings. The molecule has 1 unspecified atom stereocenters. The van der Waals surface area contributed by atoms with E-state index >= 15 is 0 Å². The summed E-state index contributed by atoms with van der Waals surface area (Å²) in [7, 11) is 0. The molecule has 4 aromatic carbocycles. The molecule has 10 rings (SSSR count). The van der Waals surface area contributed by atoms with E-state index < -0.39 is 13.3 Å². The predicted molar refractivity (Wildman–Crippen MR) is 229 cm³/mol. The minimum Gasteiger partial charge on any atom is -0.501 e. The molecule has 2 bridgehead atoms. The van der Waals surface area contributed by atoms with Gasteiger partial charge in [-0.05, 0) is 61.3 Å². The van der Waals surface area contributed by atoms with Crippen LogP contribution in [-0.4, -0.2) is 23.2 Å². The fraction of sp³-hybridized carbons (Fsp3) is 0.320. The molecule has 1 radical (unpaired) electrons. The summed E-state index contributed by atoms with van der Waals surface area (Å²) in [6.45, 7) is 4.59. The molecule has 5 heteroatoms. The van der Waals surface area contributed by atoms with E-state index in [-0.39, 0.29) is 20.1 Å². The van der Waals surface area contributed by atoms with Crippen LogP contribution in [0.1, 0.15) is 57.1 Å². The van der Waals surface area contributed by atoms with Gasteiger partial charge in [0, 0.05) is 31.7 Å². The Hall–Kier alpha value is -3.83. The van der Waals surface area contributed by atoms with Crippen LogP contribution in [0, 0.1) is 35.8 Å². The summed E-state index contributed by atoms with van der Waals surface area (Å²) < 4.78 is 7.73. The van der Waals surface area contributed by atoms with Crippen LogP contribution >= 0.6 is 0 Å². The molecular formula is C50H52GeIrN2O-2. The first kappa shape index (κ1) is 39.4. The molecule has 3 fully saturated rings. The van der Waals surface area contributed by atoms with Crippen LogP contribution in [-0.2, 0) is 32.9 Å². The van der Waals surface area contributed by atoms with Crippen molar-refractivity contribution in [2.24, 2.45) is 23.7 Å². The summed E-state index contributed by atoms with van der Waals surface area (Å²) >= 11 is -1.93. The molecule has 55 heavy (non-hydrogen) atoms. The third-order valence-electron chi connectivity index (χ3n) is 11.7. The number of hydrogen-bond acceptors (Lipinski definition) is 3. The Morgan fingerprint density at radius 1 is 0.764 bits per heavy atom. The molecule has 283 valence electrons. The number of furan rings is 1. The van der Waals surface area contributed by atoms with E-state index in [4.69, 9.17) is 9.40 Å². The van der Waals surface area contributed by atoms with Crippen LogP contribution in [0.4, 0.5) is 0 Å². The normalized spacial score (nSPS) is 17.9. The van der Waals surface area contributed by atoms with Crippen molar-refractivity contribution < 1.29 is 24.5 Å². The number of pyridine rings is 2. The number of hydrogen-bond donors (Lipinski definition) is 0. The molecule has 3 nitrogen and oxygen atoms in total. The Balaban J connectivity index is 0.000000167. The number of nitrogens with zero attached hydrogens (tertiary/aromatic N) is 2. The molecule has 3 saturated carbocycles. The van der Waals surface area contributed by atoms with E-state index in [1.807, 2.05) is 30.5 Å². The van der Waals surface area contributed by atoms with Gasteiger partial charge in [-0.15, -0.1) is 18.2 Å². The Kier molecular flexibility index (Phi) is 12.3. The van der Waals surface area contributed by atoms with Gasteiger partial charge in [-0.25, -0.2) is 0 Å². The maximum absolute atomic E-state index is 6.20. The van der Waals surface area contributed by atoms with Crippen molar-refractivity contribution in [2.45, 2.75) is 76.1 Å². The van der Waals surface area contributed by atoms with Crippen LogP contribution in [0.15, 0.2) is 120 Å². The second-order valence-electron chi connectivity index (χ2n) is 17.2. The van der Waals surface area contributed by atoms with Gasteiger partial charge in [-0.3, -0.25) is 0 Å². The number of para-hydroxylation sites is 1. The molecule has 0 spiro atoms. The van der Waals surface area contributed by atoms with Crippen molar-refractivity contribution in [3.05, 3.63) is 139 Å². The van der Waals surface area contributed by atoms with Crippen LogP contribution in [0.5, 0.6) is 0 Å². The first-order valence-corrected chi connectivity index (χ1v) is 27.4. The Morgan fingerprint density at radius 3 is 2.27 bits per heavy atom. The molecular weight excluding hydrogens is 909 g/mol. The van der Waals surface area contributed by atoms with E-state index in [9.17, 15) is 0 Å². The molecule has 3 heterocycles. The first-order chi connectivity index (χ1) is 26.2. The summed E-state index contributed by atoms with van der Waals surface area (Å²) in [6.07, 6.45) is 13.7. The third-order valence-corrected chi connectivity index (χ3v) is 16.1. The molecule has 0 amide bonds. The predicted octanol–water partition coefficient (Wildman–Crippen LogP) is 12.8. The minimum absolute atomic E-state index is 0. The van der Waals surface area contributed by atoms with Gasteiger partial charge in [-0.1, -0.05) is 53.6 Å². The van der Waals surface area contributed by atoms with Gasteiger partial charge in [0.2, 0.25) is 0 Å². The Labute approximate surface area is 344 Å². The standard InChI is InChI=1S/C26H24NO.C24H28GeN.Ir/c1-2-7-25-21(4-1)22-5-3-6-23(26(22)28-25)24-16-18(12-13-27-24)15-20-14-17-8-10-19(20)11-9-17;1-18(2)14-22-16-24(26-17-23(22)25(3,4)5)21-13-9-12-20(15-21)19-10-7-6-8-11-19;/h1-5,7,12-13,16-17,19-20H,8-11,14-15H2;6-12,15-18H,14H2,1-5H3;/q2*-1;. The summed E-state index contributed by atoms with van der Waals surface area (Å²) in [5.41, 5.74) is 11.2. The van der Waals surface area contributed by atoms with Gasteiger partial charge < -0.3 is 9.40 Å². The van der Waals surface area contributed by atoms with Crippen LogP contribution in [0.2, 0.25) is 17.3 Å². The maximum atomic E-state index is 6.20. The minimum atomic E-state index is -1.93. The fourth-order valence-electron chi connectivity index (χ4n) is 9.04. The van der Waals surface area contributed by atoms with Gasteiger partial charge in [-0.2, -0.15) is 0 Å². The average molecular weight is 962 g/mol. The van der Waals surface area contributed by atoms with Gasteiger partial charge in [0.05, 0.1) is 5.58 Å². The maximum Gasteiger partial charge on any atom is 0.120 e. The van der Waals surface area contributed by atoms with Crippen LogP contribution < -0.4 is 4.40 Å². The Bertz CT molecular complexity index is 2370. The number of fused-ring (bicyclic) bond motifs is 6. The number of aromatic nitrogens is 2. The molecule has 0 N–H and O–H groups in total. The molecule has 0 saturated heterocycles. The third kappa shape index (κ3) is 8.93. The van der Waals surface area contributed by atoms with Gasteiger partial charge in [0.25, 0.3) is 0 Å². The number of rotatable bonds is 8. The molecule has 3 aliphatic rings. The smallest absolute Gasteiger partial charge is 0.120 e. The quantitative estimate of drug-likeness (QED) is 0.113. The zero-order valence-electron chi connectivity index (χ0n) is 32.9. The molecule has 0 aliphatic heterocycles. The van der Waals surface area contributed by atoms with Gasteiger partial charge in [0.15, 0.2) is 0 Å². The largest absolute Gasteiger partial charge is 0.501 e. The van der Waals surface area contributed by atoms with Crippen molar-refractivity contribution in [2.75, 3.05) is 0 Å². The van der Waals surface area contributed by atoms with E-state index in [2.05, 4.69) is 133 Å². The van der Waals surface area contributed by atoms with Gasteiger partial charge >= 0.3 is 161 Å². The van der Waals surface area contributed by atoms with E-state index in [0.717, 1.165) is 68.6 Å². The zero-order valence-corrected chi connectivity index (χ0v) is 37.4. The topological polar surface area (TPSA) is 38.9 Å². The monoisotopic (exact) mass is 963 g/mol. The summed E-state index contributed by atoms with van der Waals surface area (Å²) in [6, 6.07) is 42.7. The SMILES string of the molecule is CC(C)Cc1cc(-c2[c-]ccc(-c3ccccc3)c2)nc[c]1[Ge]([CH3])([CH3])[CH3].[Ir].[c-]1ccc2c(oc3ccccc32)c1-c1cc(CC2CC3CCC2CC3)ccn1. The average Bonchev–Trinajstić information content (AvgIpc) is 3.58. The van der Waals surface area contributed by atoms with Crippen molar-refractivity contribution in [1.29, 1.82) is 0 Å². The second kappa shape index (κ2) is 17.1. The van der Waals surface area contributed by atoms with E-state index in [0.29, 0.717) is 5.92 Å².